The molecule has 1 aromatic rings. The zero-order valence-electron chi connectivity index (χ0n) is 10.7. The van der Waals surface area contributed by atoms with Crippen LogP contribution in [0.15, 0.2) is 23.1 Å². The molecule has 0 spiro atoms. The molecular formula is C12H19N3O2S. The summed E-state index contributed by atoms with van der Waals surface area (Å²) in [6.45, 7) is 0.857. The number of nitrogens with one attached hydrogen (secondary N) is 1. The molecule has 0 atom stereocenters. The van der Waals surface area contributed by atoms with E-state index in [1.54, 1.807) is 6.07 Å². The molecule has 2 rings (SSSR count). The lowest BCUT2D eigenvalue weighted by Gasteiger charge is -2.16. The van der Waals surface area contributed by atoms with Crippen molar-refractivity contribution in [2.45, 2.75) is 17.7 Å². The molecular weight excluding hydrogens is 250 g/mol. The predicted molar refractivity (Wildman–Crippen MR) is 72.9 cm³/mol. The Morgan fingerprint density at radius 1 is 1.39 bits per heavy atom. The Balaban J connectivity index is 2.28. The molecule has 0 unspecified atom stereocenters. The number of hydrogen-bond acceptors (Lipinski definition) is 4. The maximum absolute atomic E-state index is 12.1. The topological polar surface area (TPSA) is 75.4 Å². The minimum Gasteiger partial charge on any atom is -0.396 e. The summed E-state index contributed by atoms with van der Waals surface area (Å²) in [4.78, 5) is 0.160. The van der Waals surface area contributed by atoms with Gasteiger partial charge in [0.1, 0.15) is 4.90 Å². The van der Waals surface area contributed by atoms with Gasteiger partial charge >= 0.3 is 0 Å². The lowest BCUT2D eigenvalue weighted by molar-refractivity contribution is 0.521. The number of nitrogen functional groups attached to an aromatic ring is 1. The van der Waals surface area contributed by atoms with Gasteiger partial charge in [-0.1, -0.05) is 6.07 Å². The Morgan fingerprint density at radius 2 is 2.06 bits per heavy atom. The molecule has 1 aliphatic rings. The maximum Gasteiger partial charge on any atom is 0.244 e. The lowest BCUT2D eigenvalue weighted by Crippen LogP contribution is -2.23. The second kappa shape index (κ2) is 4.78. The summed E-state index contributed by atoms with van der Waals surface area (Å²) in [5.74, 6) is 0.707. The van der Waals surface area contributed by atoms with E-state index in [9.17, 15) is 8.42 Å². The molecule has 0 saturated heterocycles. The van der Waals surface area contributed by atoms with Crippen molar-refractivity contribution in [2.24, 2.45) is 5.92 Å². The third-order valence-electron chi connectivity index (χ3n) is 3.10. The number of para-hydroxylation sites is 1. The number of nitrogens with two attached hydrogens (primary N) is 1. The van der Waals surface area contributed by atoms with Crippen molar-refractivity contribution in [3.63, 3.8) is 0 Å². The van der Waals surface area contributed by atoms with Crippen molar-refractivity contribution in [3.05, 3.63) is 18.2 Å². The van der Waals surface area contributed by atoms with E-state index < -0.39 is 10.0 Å². The highest BCUT2D eigenvalue weighted by atomic mass is 32.2. The van der Waals surface area contributed by atoms with Gasteiger partial charge in [-0.15, -0.1) is 0 Å². The molecule has 0 heterocycles. The van der Waals surface area contributed by atoms with Crippen molar-refractivity contribution in [1.29, 1.82) is 0 Å². The summed E-state index contributed by atoms with van der Waals surface area (Å²) in [6, 6.07) is 5.06. The van der Waals surface area contributed by atoms with Gasteiger partial charge in [-0.2, -0.15) is 0 Å². The molecule has 6 heteroatoms. The van der Waals surface area contributed by atoms with Crippen molar-refractivity contribution in [1.82, 2.24) is 4.31 Å². The first-order valence-corrected chi connectivity index (χ1v) is 7.42. The van der Waals surface area contributed by atoms with Crippen molar-refractivity contribution >= 4 is 21.4 Å². The van der Waals surface area contributed by atoms with Crippen molar-refractivity contribution in [3.8, 4) is 0 Å². The second-order valence-electron chi connectivity index (χ2n) is 4.83. The van der Waals surface area contributed by atoms with Gasteiger partial charge in [0.15, 0.2) is 0 Å². The van der Waals surface area contributed by atoms with E-state index >= 15 is 0 Å². The largest absolute Gasteiger partial charge is 0.396 e. The zero-order valence-corrected chi connectivity index (χ0v) is 11.5. The van der Waals surface area contributed by atoms with Gasteiger partial charge < -0.3 is 11.1 Å². The summed E-state index contributed by atoms with van der Waals surface area (Å²) >= 11 is 0. The molecule has 0 amide bonds. The number of hydrogen-bond donors (Lipinski definition) is 2. The molecule has 0 aliphatic heterocycles. The Morgan fingerprint density at radius 3 is 2.61 bits per heavy atom. The number of nitrogens with zero attached hydrogens (tertiary/aromatic N) is 1. The SMILES string of the molecule is CN(C)S(=O)(=O)c1cccc(NCC2CC2)c1N. The molecule has 1 aromatic carbocycles. The fourth-order valence-corrected chi connectivity index (χ4v) is 2.73. The van der Waals surface area contributed by atoms with Crippen LogP contribution in [-0.2, 0) is 10.0 Å². The van der Waals surface area contributed by atoms with Gasteiger partial charge in [0, 0.05) is 20.6 Å². The Bertz CT molecular complexity index is 536. The summed E-state index contributed by atoms with van der Waals surface area (Å²) < 4.78 is 25.3. The predicted octanol–water partition coefficient (Wildman–Crippen LogP) is 1.34. The van der Waals surface area contributed by atoms with E-state index in [0.29, 0.717) is 17.3 Å². The van der Waals surface area contributed by atoms with E-state index in [4.69, 9.17) is 5.73 Å². The van der Waals surface area contributed by atoms with Gasteiger partial charge in [-0.25, -0.2) is 12.7 Å². The molecule has 5 nitrogen and oxygen atoms in total. The van der Waals surface area contributed by atoms with Crippen LogP contribution in [0.4, 0.5) is 11.4 Å². The van der Waals surface area contributed by atoms with E-state index in [0.717, 1.165) is 6.54 Å². The first kappa shape index (κ1) is 13.2. The minimum atomic E-state index is -3.48. The Hall–Kier alpha value is -1.27. The highest BCUT2D eigenvalue weighted by molar-refractivity contribution is 7.89. The zero-order chi connectivity index (χ0) is 13.3. The van der Waals surface area contributed by atoms with Crippen molar-refractivity contribution in [2.75, 3.05) is 31.7 Å². The van der Waals surface area contributed by atoms with E-state index in [-0.39, 0.29) is 4.90 Å². The summed E-state index contributed by atoms with van der Waals surface area (Å²) in [5.41, 5.74) is 6.94. The van der Waals surface area contributed by atoms with Crippen molar-refractivity contribution < 1.29 is 8.42 Å². The molecule has 18 heavy (non-hydrogen) atoms. The highest BCUT2D eigenvalue weighted by Crippen LogP contribution is 2.32. The van der Waals surface area contributed by atoms with Crippen LogP contribution in [0, 0.1) is 5.92 Å². The maximum atomic E-state index is 12.1. The number of sulfonamides is 1. The molecule has 0 radical (unpaired) electrons. The smallest absolute Gasteiger partial charge is 0.244 e. The van der Waals surface area contributed by atoms with Gasteiger partial charge in [0.05, 0.1) is 11.4 Å². The fraction of sp³-hybridized carbons (Fsp3) is 0.500. The Kier molecular flexibility index (Phi) is 3.49. The molecule has 0 aromatic heterocycles. The van der Waals surface area contributed by atoms with Gasteiger partial charge in [-0.3, -0.25) is 0 Å². The monoisotopic (exact) mass is 269 g/mol. The summed E-state index contributed by atoms with van der Waals surface area (Å²) in [5, 5.41) is 3.22. The van der Waals surface area contributed by atoms with E-state index in [1.807, 2.05) is 6.07 Å². The standard InChI is InChI=1S/C12H19N3O2S/c1-15(2)18(16,17)11-5-3-4-10(12(11)13)14-8-9-6-7-9/h3-5,9,14H,6-8,13H2,1-2H3. The molecule has 0 bridgehead atoms. The van der Waals surface area contributed by atoms with E-state index in [2.05, 4.69) is 5.32 Å². The van der Waals surface area contributed by atoms with Gasteiger partial charge in [-0.05, 0) is 30.9 Å². The lowest BCUT2D eigenvalue weighted by atomic mass is 10.2. The third kappa shape index (κ3) is 2.59. The molecule has 1 fully saturated rings. The molecule has 100 valence electrons. The first-order chi connectivity index (χ1) is 8.43. The van der Waals surface area contributed by atoms with Gasteiger partial charge in [0.2, 0.25) is 10.0 Å². The first-order valence-electron chi connectivity index (χ1n) is 5.98. The van der Waals surface area contributed by atoms with Crippen LogP contribution < -0.4 is 11.1 Å². The average Bonchev–Trinajstić information content (AvgIpc) is 3.11. The highest BCUT2D eigenvalue weighted by Gasteiger charge is 2.23. The number of rotatable bonds is 5. The van der Waals surface area contributed by atoms with Crippen LogP contribution in [0.2, 0.25) is 0 Å². The van der Waals surface area contributed by atoms with Crippen LogP contribution in [-0.4, -0.2) is 33.4 Å². The number of anilines is 2. The molecule has 1 saturated carbocycles. The van der Waals surface area contributed by atoms with Crippen LogP contribution in [0.1, 0.15) is 12.8 Å². The minimum absolute atomic E-state index is 0.160. The molecule has 1 aliphatic carbocycles. The van der Waals surface area contributed by atoms with Crippen LogP contribution >= 0.6 is 0 Å². The summed E-state index contributed by atoms with van der Waals surface area (Å²) in [6.07, 6.45) is 2.48. The third-order valence-corrected chi connectivity index (χ3v) is 4.98. The number of benzene rings is 1. The second-order valence-corrected chi connectivity index (χ2v) is 6.95. The fourth-order valence-electron chi connectivity index (χ4n) is 1.70. The normalized spacial score (nSPS) is 15.9. The Labute approximate surface area is 108 Å². The van der Waals surface area contributed by atoms with Crippen LogP contribution in [0.3, 0.4) is 0 Å². The molecule has 3 N–H and O–H groups in total. The quantitative estimate of drug-likeness (QED) is 0.791. The average molecular weight is 269 g/mol. The summed E-state index contributed by atoms with van der Waals surface area (Å²) in [7, 11) is -0.487. The van der Waals surface area contributed by atoms with E-state index in [1.165, 1.54) is 37.3 Å². The van der Waals surface area contributed by atoms with Crippen LogP contribution in [0.5, 0.6) is 0 Å². The van der Waals surface area contributed by atoms with Crippen LogP contribution in [0.25, 0.3) is 0 Å². The van der Waals surface area contributed by atoms with Gasteiger partial charge in [0.25, 0.3) is 0 Å².